The molecule has 0 aliphatic carbocycles. The Labute approximate surface area is 43.7 Å². The Bertz CT molecular complexity index is 86.8. The molecule has 0 aromatic carbocycles. The summed E-state index contributed by atoms with van der Waals surface area (Å²) < 4.78 is 0. The Kier molecular flexibility index (Phi) is 4.70. The molecule has 0 heterocycles. The van der Waals surface area contributed by atoms with Crippen molar-refractivity contribution < 1.29 is 5.11 Å². The molecule has 0 rings (SSSR count). The normalized spacial score (nSPS) is 9.14. The molecule has 7 heavy (non-hydrogen) atoms. The molecule has 0 amide bonds. The summed E-state index contributed by atoms with van der Waals surface area (Å²) in [4.78, 5) is 0. The van der Waals surface area contributed by atoms with Crippen LogP contribution in [0.5, 0.6) is 0 Å². The smallest absolute Gasteiger partial charge is 0.0465 e. The fraction of sp³-hybridized carbons (Fsp3) is 0.333. The van der Waals surface area contributed by atoms with Crippen LogP contribution in [0.15, 0.2) is 12.2 Å². The highest BCUT2D eigenvalue weighted by atomic mass is 16.2. The van der Waals surface area contributed by atoms with E-state index in [2.05, 4.69) is 5.92 Å². The highest BCUT2D eigenvalue weighted by molar-refractivity contribution is 5.08. The minimum Gasteiger partial charge on any atom is -0.396 e. The number of hydrogen-bond donors (Lipinski definition) is 1. The van der Waals surface area contributed by atoms with Gasteiger partial charge in [-0.2, -0.15) is 0 Å². The lowest BCUT2D eigenvalue weighted by Gasteiger charge is -1.76. The van der Waals surface area contributed by atoms with Crippen LogP contribution in [0.4, 0.5) is 0 Å². The average molecular weight is 96.1 g/mol. The van der Waals surface area contributed by atoms with Crippen LogP contribution in [0.2, 0.25) is 0 Å². The molecular weight excluding hydrogens is 88.1 g/mol. The van der Waals surface area contributed by atoms with Crippen molar-refractivity contribution in [1.29, 1.82) is 0 Å². The number of rotatable bonds is 2. The second-order valence-corrected chi connectivity index (χ2v) is 1.08. The van der Waals surface area contributed by atoms with Crippen molar-refractivity contribution in [3.8, 4) is 12.3 Å². The summed E-state index contributed by atoms with van der Waals surface area (Å²) in [6.45, 7) is 0.179. The van der Waals surface area contributed by atoms with Crippen molar-refractivity contribution in [3.63, 3.8) is 0 Å². The van der Waals surface area contributed by atoms with E-state index in [1.165, 1.54) is 0 Å². The van der Waals surface area contributed by atoms with Crippen molar-refractivity contribution in [2.75, 3.05) is 6.61 Å². The average Bonchev–Trinajstić information content (AvgIpc) is 1.69. The number of aliphatic hydroxyl groups is 1. The zero-order chi connectivity index (χ0) is 5.54. The van der Waals surface area contributed by atoms with Gasteiger partial charge in [0.15, 0.2) is 0 Å². The number of hydrogen-bond acceptors (Lipinski definition) is 1. The molecule has 0 aromatic heterocycles. The van der Waals surface area contributed by atoms with Gasteiger partial charge in [0.05, 0.1) is 0 Å². The summed E-state index contributed by atoms with van der Waals surface area (Å²) in [6.07, 6.45) is 8.84. The Morgan fingerprint density at radius 2 is 2.43 bits per heavy atom. The second-order valence-electron chi connectivity index (χ2n) is 1.08. The highest BCUT2D eigenvalue weighted by Gasteiger charge is 1.67. The van der Waals surface area contributed by atoms with Crippen LogP contribution in [0, 0.1) is 12.3 Å². The maximum absolute atomic E-state index is 8.17. The van der Waals surface area contributed by atoms with E-state index < -0.39 is 0 Å². The van der Waals surface area contributed by atoms with Crippen molar-refractivity contribution in [1.82, 2.24) is 0 Å². The lowest BCUT2D eigenvalue weighted by atomic mass is 10.4. The van der Waals surface area contributed by atoms with E-state index in [1.807, 2.05) is 0 Å². The van der Waals surface area contributed by atoms with E-state index in [0.717, 1.165) is 0 Å². The van der Waals surface area contributed by atoms with Gasteiger partial charge in [-0.25, -0.2) is 0 Å². The largest absolute Gasteiger partial charge is 0.396 e. The van der Waals surface area contributed by atoms with E-state index >= 15 is 0 Å². The molecule has 0 radical (unpaired) electrons. The molecule has 0 aliphatic heterocycles. The first-order chi connectivity index (χ1) is 3.41. The Morgan fingerprint density at radius 1 is 1.71 bits per heavy atom. The molecule has 1 heteroatoms. The van der Waals surface area contributed by atoms with Crippen molar-refractivity contribution in [2.45, 2.75) is 6.42 Å². The van der Waals surface area contributed by atoms with E-state index in [4.69, 9.17) is 11.5 Å². The fourth-order valence-electron chi connectivity index (χ4n) is 0.226. The van der Waals surface area contributed by atoms with Gasteiger partial charge in [-0.05, 0) is 12.5 Å². The van der Waals surface area contributed by atoms with Gasteiger partial charge in [-0.1, -0.05) is 12.0 Å². The first kappa shape index (κ1) is 6.26. The van der Waals surface area contributed by atoms with Crippen LogP contribution in [-0.4, -0.2) is 11.7 Å². The molecular formula is C6H8O. The predicted molar refractivity (Wildman–Crippen MR) is 29.7 cm³/mol. The molecule has 0 aromatic rings. The highest BCUT2D eigenvalue weighted by Crippen LogP contribution is 1.76. The topological polar surface area (TPSA) is 20.2 Å². The second kappa shape index (κ2) is 5.26. The van der Waals surface area contributed by atoms with Crippen LogP contribution in [0.3, 0.4) is 0 Å². The Balaban J connectivity index is 2.97. The fourth-order valence-corrected chi connectivity index (χ4v) is 0.226. The summed E-state index contributed by atoms with van der Waals surface area (Å²) in [7, 11) is 0. The van der Waals surface area contributed by atoms with Gasteiger partial charge >= 0.3 is 0 Å². The zero-order valence-corrected chi connectivity index (χ0v) is 4.09. The summed E-state index contributed by atoms with van der Waals surface area (Å²) >= 11 is 0. The minimum atomic E-state index is 0.179. The maximum Gasteiger partial charge on any atom is 0.0465 e. The van der Waals surface area contributed by atoms with Crippen molar-refractivity contribution in [2.24, 2.45) is 0 Å². The van der Waals surface area contributed by atoms with Gasteiger partial charge in [-0.3, -0.25) is 0 Å². The molecule has 0 saturated carbocycles. The Hall–Kier alpha value is -0.740. The minimum absolute atomic E-state index is 0.179. The molecule has 1 nitrogen and oxygen atoms in total. The monoisotopic (exact) mass is 96.1 g/mol. The van der Waals surface area contributed by atoms with E-state index in [1.54, 1.807) is 12.2 Å². The first-order valence-corrected chi connectivity index (χ1v) is 2.14. The molecule has 0 fully saturated rings. The molecule has 0 saturated heterocycles. The van der Waals surface area contributed by atoms with Crippen molar-refractivity contribution >= 4 is 0 Å². The van der Waals surface area contributed by atoms with Crippen LogP contribution >= 0.6 is 0 Å². The first-order valence-electron chi connectivity index (χ1n) is 2.14. The summed E-state index contributed by atoms with van der Waals surface area (Å²) in [5, 5.41) is 8.17. The molecule has 0 unspecified atom stereocenters. The Morgan fingerprint density at radius 3 is 2.86 bits per heavy atom. The van der Waals surface area contributed by atoms with Crippen LogP contribution < -0.4 is 0 Å². The van der Waals surface area contributed by atoms with E-state index in [0.29, 0.717) is 6.42 Å². The third kappa shape index (κ3) is 5.26. The van der Waals surface area contributed by atoms with Gasteiger partial charge in [0.1, 0.15) is 0 Å². The van der Waals surface area contributed by atoms with Gasteiger partial charge in [0.2, 0.25) is 0 Å². The number of allylic oxidation sites excluding steroid dienone is 1. The molecule has 0 atom stereocenters. The molecule has 1 N–H and O–H groups in total. The van der Waals surface area contributed by atoms with Gasteiger partial charge in [0.25, 0.3) is 0 Å². The van der Waals surface area contributed by atoms with Gasteiger partial charge in [0, 0.05) is 6.61 Å². The van der Waals surface area contributed by atoms with Crippen LogP contribution in [-0.2, 0) is 0 Å². The van der Waals surface area contributed by atoms with E-state index in [9.17, 15) is 0 Å². The molecule has 38 valence electrons. The number of aliphatic hydroxyl groups excluding tert-OH is 1. The van der Waals surface area contributed by atoms with Crippen LogP contribution in [0.25, 0.3) is 0 Å². The molecule has 0 spiro atoms. The van der Waals surface area contributed by atoms with Crippen molar-refractivity contribution in [3.05, 3.63) is 12.2 Å². The quantitative estimate of drug-likeness (QED) is 0.498. The maximum atomic E-state index is 8.17. The lowest BCUT2D eigenvalue weighted by Crippen LogP contribution is -1.73. The third-order valence-corrected chi connectivity index (χ3v) is 0.510. The number of terminal acetylenes is 1. The SMILES string of the molecule is C#C/C=C/CCO. The lowest BCUT2D eigenvalue weighted by molar-refractivity contribution is 0.302. The third-order valence-electron chi connectivity index (χ3n) is 0.510. The summed E-state index contributed by atoms with van der Waals surface area (Å²) in [5.74, 6) is 2.31. The zero-order valence-electron chi connectivity index (χ0n) is 4.09. The standard InChI is InChI=1S/C6H8O/c1-2-3-4-5-6-7/h1,3-4,7H,5-6H2/b4-3+. The molecule has 0 aliphatic rings. The predicted octanol–water partition coefficient (Wildman–Crippen LogP) is 0.558. The van der Waals surface area contributed by atoms with Gasteiger partial charge in [-0.15, -0.1) is 6.42 Å². The van der Waals surface area contributed by atoms with E-state index in [-0.39, 0.29) is 6.61 Å². The summed E-state index contributed by atoms with van der Waals surface area (Å²) in [5.41, 5.74) is 0. The van der Waals surface area contributed by atoms with Crippen LogP contribution in [0.1, 0.15) is 6.42 Å². The van der Waals surface area contributed by atoms with Gasteiger partial charge < -0.3 is 5.11 Å². The summed E-state index contributed by atoms with van der Waals surface area (Å²) in [6, 6.07) is 0. The molecule has 0 bridgehead atoms.